The van der Waals surface area contributed by atoms with Crippen LogP contribution in [0.25, 0.3) is 11.1 Å². The van der Waals surface area contributed by atoms with Crippen LogP contribution in [0.1, 0.15) is 17.0 Å². The first-order valence-corrected chi connectivity index (χ1v) is 6.44. The Hall–Kier alpha value is -2.56. The van der Waals surface area contributed by atoms with Gasteiger partial charge in [-0.25, -0.2) is 9.97 Å². The second kappa shape index (κ2) is 4.85. The maximum atomic E-state index is 5.75. The highest BCUT2D eigenvalue weighted by molar-refractivity contribution is 5.73. The van der Waals surface area contributed by atoms with Crippen molar-refractivity contribution < 1.29 is 4.42 Å². The van der Waals surface area contributed by atoms with Crippen LogP contribution in [0.4, 0.5) is 11.5 Å². The highest BCUT2D eigenvalue weighted by atomic mass is 16.3. The molecule has 3 N–H and O–H groups in total. The van der Waals surface area contributed by atoms with E-state index in [4.69, 9.17) is 10.2 Å². The van der Waals surface area contributed by atoms with Gasteiger partial charge in [-0.15, -0.1) is 0 Å². The van der Waals surface area contributed by atoms with Crippen molar-refractivity contribution in [2.24, 2.45) is 0 Å². The summed E-state index contributed by atoms with van der Waals surface area (Å²) in [6.07, 6.45) is 1.67. The van der Waals surface area contributed by atoms with Crippen molar-refractivity contribution in [3.63, 3.8) is 0 Å². The number of hydrogen-bond acceptors (Lipinski definition) is 5. The van der Waals surface area contributed by atoms with E-state index in [1.165, 1.54) is 0 Å². The van der Waals surface area contributed by atoms with E-state index in [-0.39, 0.29) is 0 Å². The number of nitrogens with zero attached hydrogens (tertiary/aromatic N) is 2. The fourth-order valence-electron chi connectivity index (χ4n) is 2.05. The Balaban J connectivity index is 1.77. The van der Waals surface area contributed by atoms with Gasteiger partial charge in [-0.3, -0.25) is 0 Å². The van der Waals surface area contributed by atoms with Crippen molar-refractivity contribution in [1.82, 2.24) is 9.97 Å². The Kier molecular flexibility index (Phi) is 3.02. The van der Waals surface area contributed by atoms with Crippen LogP contribution >= 0.6 is 0 Å². The maximum absolute atomic E-state index is 5.75. The molecule has 0 unspecified atom stereocenters. The molecule has 20 heavy (non-hydrogen) atoms. The van der Waals surface area contributed by atoms with Gasteiger partial charge in [0.15, 0.2) is 11.5 Å². The summed E-state index contributed by atoms with van der Waals surface area (Å²) >= 11 is 0. The molecule has 0 bridgehead atoms. The van der Waals surface area contributed by atoms with E-state index >= 15 is 0 Å². The van der Waals surface area contributed by atoms with E-state index in [0.29, 0.717) is 18.1 Å². The summed E-state index contributed by atoms with van der Waals surface area (Å²) < 4.78 is 5.46. The van der Waals surface area contributed by atoms with Crippen LogP contribution in [0.5, 0.6) is 0 Å². The zero-order valence-electron chi connectivity index (χ0n) is 11.5. The molecular weight excluding hydrogens is 252 g/mol. The standard InChI is InChI=1S/C15H16N4O/c1-9-5-15(18-8-12(9)16)17-7-11-3-4-14-13(6-11)19-10(2)20-14/h3-6,8H,7,16H2,1-2H3,(H,17,18). The number of nitrogens with two attached hydrogens (primary N) is 1. The fraction of sp³-hybridized carbons (Fsp3) is 0.200. The summed E-state index contributed by atoms with van der Waals surface area (Å²) in [7, 11) is 0. The van der Waals surface area contributed by atoms with Crippen molar-refractivity contribution in [3.8, 4) is 0 Å². The first-order chi connectivity index (χ1) is 9.61. The van der Waals surface area contributed by atoms with E-state index < -0.39 is 0 Å². The van der Waals surface area contributed by atoms with Crippen LogP contribution in [-0.4, -0.2) is 9.97 Å². The molecule has 0 aliphatic carbocycles. The molecule has 0 spiro atoms. The summed E-state index contributed by atoms with van der Waals surface area (Å²) in [5.41, 5.74) is 10.3. The van der Waals surface area contributed by atoms with Crippen LogP contribution in [-0.2, 0) is 6.54 Å². The molecule has 0 aliphatic rings. The molecule has 102 valence electrons. The molecular formula is C15H16N4O. The van der Waals surface area contributed by atoms with Crippen LogP contribution in [0.15, 0.2) is 34.9 Å². The lowest BCUT2D eigenvalue weighted by Crippen LogP contribution is -2.02. The molecule has 3 aromatic rings. The van der Waals surface area contributed by atoms with Crippen LogP contribution in [0, 0.1) is 13.8 Å². The van der Waals surface area contributed by atoms with E-state index in [2.05, 4.69) is 15.3 Å². The summed E-state index contributed by atoms with van der Waals surface area (Å²) in [6.45, 7) is 4.49. The normalized spacial score (nSPS) is 10.9. The highest BCUT2D eigenvalue weighted by Gasteiger charge is 2.04. The number of pyridine rings is 1. The smallest absolute Gasteiger partial charge is 0.192 e. The first kappa shape index (κ1) is 12.5. The van der Waals surface area contributed by atoms with E-state index in [0.717, 1.165) is 28.0 Å². The zero-order chi connectivity index (χ0) is 14.1. The lowest BCUT2D eigenvalue weighted by atomic mass is 10.2. The molecule has 3 rings (SSSR count). The number of aromatic nitrogens is 2. The Labute approximate surface area is 116 Å². The van der Waals surface area contributed by atoms with Gasteiger partial charge in [-0.05, 0) is 36.2 Å². The molecule has 0 fully saturated rings. The van der Waals surface area contributed by atoms with E-state index in [9.17, 15) is 0 Å². The number of benzene rings is 1. The van der Waals surface area contributed by atoms with Gasteiger partial charge in [0.2, 0.25) is 0 Å². The molecule has 2 heterocycles. The second-order valence-electron chi connectivity index (χ2n) is 4.81. The number of fused-ring (bicyclic) bond motifs is 1. The van der Waals surface area contributed by atoms with Gasteiger partial charge in [0.1, 0.15) is 11.3 Å². The van der Waals surface area contributed by atoms with Crippen molar-refractivity contribution in [3.05, 3.63) is 47.5 Å². The predicted molar refractivity (Wildman–Crippen MR) is 79.5 cm³/mol. The third kappa shape index (κ3) is 2.42. The minimum absolute atomic E-state index is 0.679. The monoisotopic (exact) mass is 268 g/mol. The molecule has 0 atom stereocenters. The van der Waals surface area contributed by atoms with Crippen LogP contribution < -0.4 is 11.1 Å². The van der Waals surface area contributed by atoms with Gasteiger partial charge in [-0.1, -0.05) is 6.07 Å². The number of anilines is 2. The number of nitrogen functional groups attached to an aromatic ring is 1. The second-order valence-corrected chi connectivity index (χ2v) is 4.81. The lowest BCUT2D eigenvalue weighted by Gasteiger charge is -2.07. The average molecular weight is 268 g/mol. The van der Waals surface area contributed by atoms with Crippen LogP contribution in [0.3, 0.4) is 0 Å². The van der Waals surface area contributed by atoms with Crippen molar-refractivity contribution in [1.29, 1.82) is 0 Å². The molecule has 0 saturated heterocycles. The number of hydrogen-bond donors (Lipinski definition) is 2. The van der Waals surface area contributed by atoms with E-state index in [1.807, 2.05) is 38.1 Å². The van der Waals surface area contributed by atoms with Crippen LogP contribution in [0.2, 0.25) is 0 Å². The third-order valence-corrected chi connectivity index (χ3v) is 3.18. The van der Waals surface area contributed by atoms with Gasteiger partial charge >= 0.3 is 0 Å². The summed E-state index contributed by atoms with van der Waals surface area (Å²) in [5.74, 6) is 1.49. The number of aryl methyl sites for hydroxylation is 2. The van der Waals surface area contributed by atoms with Gasteiger partial charge < -0.3 is 15.5 Å². The summed E-state index contributed by atoms with van der Waals surface area (Å²) in [6, 6.07) is 7.91. The molecule has 2 aromatic heterocycles. The van der Waals surface area contributed by atoms with Crippen molar-refractivity contribution in [2.45, 2.75) is 20.4 Å². The molecule has 0 saturated carbocycles. The van der Waals surface area contributed by atoms with Crippen molar-refractivity contribution in [2.75, 3.05) is 11.1 Å². The van der Waals surface area contributed by atoms with Gasteiger partial charge in [0.05, 0.1) is 11.9 Å². The zero-order valence-corrected chi connectivity index (χ0v) is 11.5. The Morgan fingerprint density at radius 3 is 2.90 bits per heavy atom. The number of oxazole rings is 1. The Morgan fingerprint density at radius 2 is 2.10 bits per heavy atom. The Morgan fingerprint density at radius 1 is 1.25 bits per heavy atom. The summed E-state index contributed by atoms with van der Waals surface area (Å²) in [5, 5.41) is 3.28. The largest absolute Gasteiger partial charge is 0.441 e. The highest BCUT2D eigenvalue weighted by Crippen LogP contribution is 2.18. The van der Waals surface area contributed by atoms with Gasteiger partial charge in [-0.2, -0.15) is 0 Å². The Bertz CT molecular complexity index is 764. The van der Waals surface area contributed by atoms with Gasteiger partial charge in [0, 0.05) is 13.5 Å². The lowest BCUT2D eigenvalue weighted by molar-refractivity contribution is 0.561. The minimum atomic E-state index is 0.679. The van der Waals surface area contributed by atoms with Gasteiger partial charge in [0.25, 0.3) is 0 Å². The molecule has 5 nitrogen and oxygen atoms in total. The topological polar surface area (TPSA) is 77.0 Å². The minimum Gasteiger partial charge on any atom is -0.441 e. The maximum Gasteiger partial charge on any atom is 0.192 e. The van der Waals surface area contributed by atoms with Crippen molar-refractivity contribution >= 4 is 22.6 Å². The quantitative estimate of drug-likeness (QED) is 0.763. The molecule has 1 aromatic carbocycles. The SMILES string of the molecule is Cc1nc2cc(CNc3cc(C)c(N)cn3)ccc2o1. The first-order valence-electron chi connectivity index (χ1n) is 6.44. The fourth-order valence-corrected chi connectivity index (χ4v) is 2.05. The van der Waals surface area contributed by atoms with E-state index in [1.54, 1.807) is 6.20 Å². The number of nitrogens with one attached hydrogen (secondary N) is 1. The predicted octanol–water partition coefficient (Wildman–Crippen LogP) is 3.03. The average Bonchev–Trinajstić information content (AvgIpc) is 2.79. The molecule has 5 heteroatoms. The molecule has 0 amide bonds. The molecule has 0 aliphatic heterocycles. The summed E-state index contributed by atoms with van der Waals surface area (Å²) in [4.78, 5) is 8.58. The number of rotatable bonds is 3. The third-order valence-electron chi connectivity index (χ3n) is 3.18. The molecule has 0 radical (unpaired) electrons.